The maximum absolute atomic E-state index is 9.60. The second-order valence-electron chi connectivity index (χ2n) is 12.9. The van der Waals surface area contributed by atoms with Crippen LogP contribution in [0.3, 0.4) is 0 Å². The summed E-state index contributed by atoms with van der Waals surface area (Å²) in [4.78, 5) is 13.2. The number of rotatable bonds is 21. The van der Waals surface area contributed by atoms with Crippen LogP contribution in [0.15, 0.2) is 72.9 Å². The summed E-state index contributed by atoms with van der Waals surface area (Å²) in [6.45, 7) is 8.65. The number of nitrogens with zero attached hydrogens (tertiary/aromatic N) is 6. The van der Waals surface area contributed by atoms with Crippen LogP contribution < -0.4 is 19.7 Å². The second kappa shape index (κ2) is 21.6. The van der Waals surface area contributed by atoms with Gasteiger partial charge >= 0.3 is 0 Å². The van der Waals surface area contributed by atoms with Crippen LogP contribution in [0.25, 0.3) is 0 Å². The summed E-state index contributed by atoms with van der Waals surface area (Å²) < 4.78 is 11.3. The summed E-state index contributed by atoms with van der Waals surface area (Å²) in [7, 11) is 3.87. The van der Waals surface area contributed by atoms with E-state index in [0.717, 1.165) is 75.7 Å². The van der Waals surface area contributed by atoms with Crippen molar-refractivity contribution in [1.29, 1.82) is 10.7 Å². The molecule has 10 heteroatoms. The molecule has 2 aromatic carbocycles. The van der Waals surface area contributed by atoms with Gasteiger partial charge in [-0.2, -0.15) is 5.26 Å². The lowest BCUT2D eigenvalue weighted by Gasteiger charge is -2.27. The normalized spacial score (nSPS) is 13.1. The van der Waals surface area contributed by atoms with Crippen LogP contribution in [0.2, 0.25) is 0 Å². The van der Waals surface area contributed by atoms with Crippen LogP contribution in [0.1, 0.15) is 62.5 Å². The van der Waals surface area contributed by atoms with Crippen LogP contribution in [0.4, 0.5) is 5.82 Å². The van der Waals surface area contributed by atoms with Crippen molar-refractivity contribution in [3.05, 3.63) is 84.1 Å². The molecule has 0 radical (unpaired) electrons. The molecule has 1 fully saturated rings. The number of piperidine rings is 1. The Hall–Kier alpha value is -4.33. The first kappa shape index (κ1) is 37.5. The van der Waals surface area contributed by atoms with Crippen LogP contribution in [0, 0.1) is 16.9 Å². The van der Waals surface area contributed by atoms with Gasteiger partial charge in [0.05, 0.1) is 13.7 Å². The highest BCUT2D eigenvalue weighted by Gasteiger charge is 2.13. The molecule has 0 saturated carbocycles. The Morgan fingerprint density at radius 3 is 2.45 bits per heavy atom. The maximum atomic E-state index is 9.60. The van der Waals surface area contributed by atoms with Crippen molar-refractivity contribution in [3.8, 4) is 17.7 Å². The first-order chi connectivity index (χ1) is 24.0. The lowest BCUT2D eigenvalue weighted by Crippen LogP contribution is -2.39. The predicted molar refractivity (Wildman–Crippen MR) is 198 cm³/mol. The van der Waals surface area contributed by atoms with Crippen LogP contribution in [-0.4, -0.2) is 92.2 Å². The molecule has 10 nitrogen and oxygen atoms in total. The number of benzene rings is 2. The average Bonchev–Trinajstić information content (AvgIpc) is 3.14. The molecule has 1 saturated heterocycles. The van der Waals surface area contributed by atoms with Gasteiger partial charge in [-0.1, -0.05) is 49.6 Å². The molecule has 0 spiro atoms. The van der Waals surface area contributed by atoms with E-state index in [1.54, 1.807) is 7.11 Å². The minimum Gasteiger partial charge on any atom is -0.497 e. The molecule has 0 atom stereocenters. The highest BCUT2D eigenvalue weighted by molar-refractivity contribution is 5.78. The van der Waals surface area contributed by atoms with Crippen LogP contribution >= 0.6 is 0 Å². The number of anilines is 1. The molecular weight excluding hydrogens is 612 g/mol. The lowest BCUT2D eigenvalue weighted by atomic mass is 10.1. The lowest BCUT2D eigenvalue weighted by molar-refractivity contribution is 0.220. The van der Waals surface area contributed by atoms with Crippen molar-refractivity contribution in [2.24, 2.45) is 0 Å². The van der Waals surface area contributed by atoms with Crippen LogP contribution in [-0.2, 0) is 13.1 Å². The smallest absolute Gasteiger partial charge is 0.204 e. The first-order valence-electron chi connectivity index (χ1n) is 18.0. The molecule has 2 N–H and O–H groups in total. The SMILES string of the molecule is COc1ccc(CN(CCN(C)CCCCCCNC(=N)N(C#N)CCCOc2cccc(CN3CCCCC3)c2)c2ccccn2)cc1. The zero-order valence-corrected chi connectivity index (χ0v) is 29.7. The summed E-state index contributed by atoms with van der Waals surface area (Å²) >= 11 is 0. The van der Waals surface area contributed by atoms with Gasteiger partial charge in [0.2, 0.25) is 5.96 Å². The number of nitriles is 1. The fourth-order valence-electron chi connectivity index (χ4n) is 6.07. The first-order valence-corrected chi connectivity index (χ1v) is 18.0. The van der Waals surface area contributed by atoms with Crippen molar-refractivity contribution in [3.63, 3.8) is 0 Å². The van der Waals surface area contributed by atoms with E-state index in [-0.39, 0.29) is 5.96 Å². The molecular formula is C39H56N8O2. The Morgan fingerprint density at radius 1 is 0.878 bits per heavy atom. The molecule has 1 aromatic heterocycles. The number of ether oxygens (including phenoxy) is 2. The number of hydrogen-bond acceptors (Lipinski definition) is 8. The van der Waals surface area contributed by atoms with Crippen molar-refractivity contribution in [2.45, 2.75) is 64.5 Å². The summed E-state index contributed by atoms with van der Waals surface area (Å²) in [5, 5.41) is 21.1. The number of hydrogen-bond donors (Lipinski definition) is 2. The zero-order valence-electron chi connectivity index (χ0n) is 29.7. The van der Waals surface area contributed by atoms with Crippen LogP contribution in [0.5, 0.6) is 11.5 Å². The summed E-state index contributed by atoms with van der Waals surface area (Å²) in [6.07, 6.45) is 12.9. The number of unbranched alkanes of at least 4 members (excludes halogenated alkanes) is 3. The zero-order chi connectivity index (χ0) is 34.5. The van der Waals surface area contributed by atoms with Gasteiger partial charge in [-0.25, -0.2) is 9.88 Å². The highest BCUT2D eigenvalue weighted by Crippen LogP contribution is 2.19. The van der Waals surface area contributed by atoms with Gasteiger partial charge in [0, 0.05) is 51.9 Å². The number of likely N-dealkylation sites (N-methyl/N-ethyl adjacent to an activating group) is 1. The van der Waals surface area contributed by atoms with Gasteiger partial charge < -0.3 is 24.6 Å². The van der Waals surface area contributed by atoms with Crippen molar-refractivity contribution >= 4 is 11.8 Å². The number of guanidine groups is 1. The van der Waals surface area contributed by atoms with E-state index in [1.807, 2.05) is 36.5 Å². The Balaban J connectivity index is 1.05. The largest absolute Gasteiger partial charge is 0.497 e. The Kier molecular flexibility index (Phi) is 16.5. The summed E-state index contributed by atoms with van der Waals surface area (Å²) in [5.74, 6) is 2.88. The number of nitrogens with one attached hydrogen (secondary N) is 2. The van der Waals surface area contributed by atoms with Gasteiger partial charge in [-0.05, 0) is 99.9 Å². The molecule has 0 amide bonds. The minimum atomic E-state index is 0.165. The average molecular weight is 669 g/mol. The third-order valence-corrected chi connectivity index (χ3v) is 8.96. The van der Waals surface area contributed by atoms with E-state index in [0.29, 0.717) is 26.1 Å². The van der Waals surface area contributed by atoms with Crippen molar-refractivity contribution in [1.82, 2.24) is 25.0 Å². The monoisotopic (exact) mass is 668 g/mol. The molecule has 49 heavy (non-hydrogen) atoms. The number of likely N-dealkylation sites (tertiary alicyclic amines) is 1. The Morgan fingerprint density at radius 2 is 1.69 bits per heavy atom. The fourth-order valence-corrected chi connectivity index (χ4v) is 6.07. The predicted octanol–water partition coefficient (Wildman–Crippen LogP) is 6.35. The highest BCUT2D eigenvalue weighted by atomic mass is 16.5. The molecule has 3 aromatic rings. The van der Waals surface area contributed by atoms with Gasteiger partial charge in [-0.15, -0.1) is 0 Å². The molecule has 1 aliphatic heterocycles. The van der Waals surface area contributed by atoms with E-state index in [1.165, 1.54) is 48.4 Å². The molecule has 0 bridgehead atoms. The second-order valence-corrected chi connectivity index (χ2v) is 12.9. The third-order valence-electron chi connectivity index (χ3n) is 8.96. The van der Waals surface area contributed by atoms with Crippen molar-refractivity contribution < 1.29 is 9.47 Å². The fraction of sp³-hybridized carbons (Fsp3) is 0.513. The van der Waals surface area contributed by atoms with Gasteiger partial charge in [-0.3, -0.25) is 10.3 Å². The number of aromatic nitrogens is 1. The van der Waals surface area contributed by atoms with Gasteiger partial charge in [0.1, 0.15) is 17.3 Å². The van der Waals surface area contributed by atoms with E-state index < -0.39 is 0 Å². The van der Waals surface area contributed by atoms with Gasteiger partial charge in [0.25, 0.3) is 0 Å². The molecule has 4 rings (SSSR count). The molecule has 0 unspecified atom stereocenters. The van der Waals surface area contributed by atoms with E-state index >= 15 is 0 Å². The standard InChI is InChI=1S/C39H56N8O2/c1-44(27-28-46(38-16-6-8-21-42-38)32-34-17-19-36(48-2)20-18-34)23-9-4-3-7-22-43-39(41)47(33-40)26-13-29-49-37-15-12-14-35(30-37)31-45-24-10-5-11-25-45/h6,8,12,14-21,30H,3-5,7,9-11,13,22-29,31-32H2,1-2H3,(H2,41,43). The Labute approximate surface area is 294 Å². The van der Waals surface area contributed by atoms with E-state index in [4.69, 9.17) is 14.9 Å². The molecule has 1 aliphatic rings. The summed E-state index contributed by atoms with van der Waals surface area (Å²) in [6, 6.07) is 22.6. The molecule has 0 aliphatic carbocycles. The number of methoxy groups -OCH3 is 1. The molecule has 264 valence electrons. The Bertz CT molecular complexity index is 1390. The molecule has 2 heterocycles. The summed E-state index contributed by atoms with van der Waals surface area (Å²) in [5.41, 5.74) is 2.50. The van der Waals surface area contributed by atoms with Gasteiger partial charge in [0.15, 0.2) is 6.19 Å². The topological polar surface area (TPSA) is 104 Å². The van der Waals surface area contributed by atoms with E-state index in [9.17, 15) is 5.26 Å². The minimum absolute atomic E-state index is 0.165. The van der Waals surface area contributed by atoms with Crippen molar-refractivity contribution in [2.75, 3.05) is 71.5 Å². The quantitative estimate of drug-likeness (QED) is 0.0442. The third kappa shape index (κ3) is 14.0. The maximum Gasteiger partial charge on any atom is 0.204 e. The number of pyridine rings is 1. The van der Waals surface area contributed by atoms with E-state index in [2.05, 4.69) is 74.6 Å².